The molecule has 1 N–H and O–H groups in total. The van der Waals surface area contributed by atoms with Crippen molar-refractivity contribution >= 4 is 40.3 Å². The Hall–Kier alpha value is -2.80. The molecule has 7 heteroatoms. The third kappa shape index (κ3) is 4.31. The molecule has 0 bridgehead atoms. The van der Waals surface area contributed by atoms with Crippen LogP contribution in [0, 0.1) is 0 Å². The lowest BCUT2D eigenvalue weighted by atomic mass is 10.2. The number of imidazole rings is 1. The van der Waals surface area contributed by atoms with Crippen molar-refractivity contribution < 1.29 is 9.59 Å². The molecular formula is C20H22N4O2S. The Bertz CT molecular complexity index is 981. The second-order valence-corrected chi connectivity index (χ2v) is 7.19. The summed E-state index contributed by atoms with van der Waals surface area (Å²) in [5.41, 5.74) is 3.14. The molecule has 2 aromatic carbocycles. The van der Waals surface area contributed by atoms with Crippen molar-refractivity contribution in [3.8, 4) is 0 Å². The van der Waals surface area contributed by atoms with E-state index in [0.29, 0.717) is 11.3 Å². The van der Waals surface area contributed by atoms with Gasteiger partial charge in [-0.2, -0.15) is 0 Å². The van der Waals surface area contributed by atoms with E-state index in [0.717, 1.165) is 22.7 Å². The van der Waals surface area contributed by atoms with E-state index in [-0.39, 0.29) is 17.6 Å². The minimum Gasteiger partial charge on any atom is -0.345 e. The fraction of sp³-hybridized carbons (Fsp3) is 0.250. The van der Waals surface area contributed by atoms with Gasteiger partial charge in [-0.1, -0.05) is 30.0 Å². The number of thioether (sulfide) groups is 1. The number of anilines is 1. The predicted octanol–water partition coefficient (Wildman–Crippen LogP) is 3.49. The van der Waals surface area contributed by atoms with Gasteiger partial charge in [-0.15, -0.1) is 0 Å². The molecule has 0 fully saturated rings. The molecular weight excluding hydrogens is 360 g/mol. The molecule has 0 atom stereocenters. The Kier molecular flexibility index (Phi) is 5.81. The van der Waals surface area contributed by atoms with Crippen molar-refractivity contribution in [1.82, 2.24) is 14.5 Å². The fourth-order valence-corrected chi connectivity index (χ4v) is 3.66. The molecule has 1 heterocycles. The van der Waals surface area contributed by atoms with Gasteiger partial charge in [0.25, 0.3) is 5.91 Å². The van der Waals surface area contributed by atoms with Crippen LogP contribution >= 0.6 is 11.8 Å². The van der Waals surface area contributed by atoms with Gasteiger partial charge in [-0.05, 0) is 37.3 Å². The van der Waals surface area contributed by atoms with Crippen molar-refractivity contribution in [2.45, 2.75) is 18.6 Å². The molecule has 0 unspecified atom stereocenters. The number of hydrogen-bond donors (Lipinski definition) is 1. The predicted molar refractivity (Wildman–Crippen MR) is 109 cm³/mol. The molecule has 6 nitrogen and oxygen atoms in total. The van der Waals surface area contributed by atoms with E-state index in [1.54, 1.807) is 38.4 Å². The molecule has 0 aliphatic heterocycles. The SMILES string of the molecule is CCn1c(SCC(=O)Nc2cccc(C(=O)N(C)C)c2)nc2ccccc21. The average Bonchev–Trinajstić information content (AvgIpc) is 3.03. The summed E-state index contributed by atoms with van der Waals surface area (Å²) < 4.78 is 2.10. The first-order valence-electron chi connectivity index (χ1n) is 8.69. The van der Waals surface area contributed by atoms with E-state index in [4.69, 9.17) is 0 Å². The van der Waals surface area contributed by atoms with Crippen LogP contribution in [0.25, 0.3) is 11.0 Å². The number of aromatic nitrogens is 2. The number of carbonyl (C=O) groups is 2. The lowest BCUT2D eigenvalue weighted by molar-refractivity contribution is -0.113. The molecule has 0 radical (unpaired) electrons. The van der Waals surface area contributed by atoms with Gasteiger partial charge in [-0.25, -0.2) is 4.98 Å². The number of amides is 2. The lowest BCUT2D eigenvalue weighted by Gasteiger charge is -2.11. The van der Waals surface area contributed by atoms with Crippen molar-refractivity contribution in [1.29, 1.82) is 0 Å². The summed E-state index contributed by atoms with van der Waals surface area (Å²) in [6, 6.07) is 14.9. The minimum atomic E-state index is -0.135. The Morgan fingerprint density at radius 1 is 1.15 bits per heavy atom. The second-order valence-electron chi connectivity index (χ2n) is 6.24. The zero-order valence-electron chi connectivity index (χ0n) is 15.6. The maximum Gasteiger partial charge on any atom is 0.253 e. The highest BCUT2D eigenvalue weighted by Gasteiger charge is 2.13. The quantitative estimate of drug-likeness (QED) is 0.663. The number of para-hydroxylation sites is 2. The van der Waals surface area contributed by atoms with E-state index in [9.17, 15) is 9.59 Å². The molecule has 0 aliphatic rings. The van der Waals surface area contributed by atoms with Gasteiger partial charge in [0.05, 0.1) is 16.8 Å². The standard InChI is InChI=1S/C20H22N4O2S/c1-4-24-17-11-6-5-10-16(17)22-20(24)27-13-18(25)21-15-9-7-8-14(12-15)19(26)23(2)3/h5-12H,4,13H2,1-3H3,(H,21,25). The fourth-order valence-electron chi connectivity index (χ4n) is 2.78. The number of benzene rings is 2. The number of hydrogen-bond acceptors (Lipinski definition) is 4. The van der Waals surface area contributed by atoms with Crippen LogP contribution in [0.3, 0.4) is 0 Å². The highest BCUT2D eigenvalue weighted by Crippen LogP contribution is 2.24. The molecule has 0 aliphatic carbocycles. The van der Waals surface area contributed by atoms with Gasteiger partial charge in [-0.3, -0.25) is 9.59 Å². The zero-order chi connectivity index (χ0) is 19.4. The maximum absolute atomic E-state index is 12.4. The monoisotopic (exact) mass is 382 g/mol. The van der Waals surface area contributed by atoms with Crippen LogP contribution in [0.5, 0.6) is 0 Å². The van der Waals surface area contributed by atoms with E-state index in [1.165, 1.54) is 16.7 Å². The van der Waals surface area contributed by atoms with Crippen LogP contribution in [0.1, 0.15) is 17.3 Å². The third-order valence-corrected chi connectivity index (χ3v) is 5.04. The van der Waals surface area contributed by atoms with Crippen molar-refractivity contribution in [3.63, 3.8) is 0 Å². The van der Waals surface area contributed by atoms with Crippen molar-refractivity contribution in [2.24, 2.45) is 0 Å². The summed E-state index contributed by atoms with van der Waals surface area (Å²) in [4.78, 5) is 30.5. The smallest absolute Gasteiger partial charge is 0.253 e. The van der Waals surface area contributed by atoms with Crippen LogP contribution in [-0.4, -0.2) is 46.1 Å². The van der Waals surface area contributed by atoms with Gasteiger partial charge in [0.2, 0.25) is 5.91 Å². The van der Waals surface area contributed by atoms with E-state index in [2.05, 4.69) is 21.8 Å². The van der Waals surface area contributed by atoms with Gasteiger partial charge in [0.15, 0.2) is 5.16 Å². The molecule has 0 saturated carbocycles. The molecule has 27 heavy (non-hydrogen) atoms. The number of carbonyl (C=O) groups excluding carboxylic acids is 2. The Morgan fingerprint density at radius 2 is 1.93 bits per heavy atom. The molecule has 3 rings (SSSR count). The maximum atomic E-state index is 12.4. The summed E-state index contributed by atoms with van der Waals surface area (Å²) in [5, 5.41) is 3.67. The lowest BCUT2D eigenvalue weighted by Crippen LogP contribution is -2.22. The first-order valence-corrected chi connectivity index (χ1v) is 9.67. The third-order valence-electron chi connectivity index (χ3n) is 4.07. The summed E-state index contributed by atoms with van der Waals surface area (Å²) in [6.07, 6.45) is 0. The number of aryl methyl sites for hydroxylation is 1. The highest BCUT2D eigenvalue weighted by atomic mass is 32.2. The molecule has 0 saturated heterocycles. The summed E-state index contributed by atoms with van der Waals surface area (Å²) >= 11 is 1.40. The Balaban J connectivity index is 1.67. The molecule has 1 aromatic heterocycles. The second kappa shape index (κ2) is 8.26. The van der Waals surface area contributed by atoms with Gasteiger partial charge in [0, 0.05) is 31.9 Å². The highest BCUT2D eigenvalue weighted by molar-refractivity contribution is 7.99. The summed E-state index contributed by atoms with van der Waals surface area (Å²) in [5.74, 6) is 0.0103. The summed E-state index contributed by atoms with van der Waals surface area (Å²) in [7, 11) is 3.40. The normalized spacial score (nSPS) is 10.8. The Morgan fingerprint density at radius 3 is 2.67 bits per heavy atom. The molecule has 3 aromatic rings. The van der Waals surface area contributed by atoms with Crippen molar-refractivity contribution in [3.05, 3.63) is 54.1 Å². The van der Waals surface area contributed by atoms with Crippen LogP contribution in [0.4, 0.5) is 5.69 Å². The van der Waals surface area contributed by atoms with Crippen molar-refractivity contribution in [2.75, 3.05) is 25.2 Å². The zero-order valence-corrected chi connectivity index (χ0v) is 16.4. The largest absolute Gasteiger partial charge is 0.345 e. The van der Waals surface area contributed by atoms with Crippen LogP contribution < -0.4 is 5.32 Å². The van der Waals surface area contributed by atoms with Gasteiger partial charge in [0.1, 0.15) is 0 Å². The number of nitrogens with one attached hydrogen (secondary N) is 1. The van der Waals surface area contributed by atoms with E-state index >= 15 is 0 Å². The van der Waals surface area contributed by atoms with Crippen LogP contribution in [0.2, 0.25) is 0 Å². The minimum absolute atomic E-state index is 0.0999. The van der Waals surface area contributed by atoms with E-state index < -0.39 is 0 Å². The van der Waals surface area contributed by atoms with Gasteiger partial charge < -0.3 is 14.8 Å². The van der Waals surface area contributed by atoms with E-state index in [1.807, 2.05) is 24.3 Å². The number of nitrogens with zero attached hydrogens (tertiary/aromatic N) is 3. The average molecular weight is 382 g/mol. The Labute approximate surface area is 162 Å². The van der Waals surface area contributed by atoms with Crippen LogP contribution in [0.15, 0.2) is 53.7 Å². The topological polar surface area (TPSA) is 67.2 Å². The summed E-state index contributed by atoms with van der Waals surface area (Å²) in [6.45, 7) is 2.85. The first-order chi connectivity index (χ1) is 13.0. The van der Waals surface area contributed by atoms with Crippen LogP contribution in [-0.2, 0) is 11.3 Å². The van der Waals surface area contributed by atoms with Gasteiger partial charge >= 0.3 is 0 Å². The first kappa shape index (κ1) is 19.0. The molecule has 0 spiro atoms. The molecule has 2 amide bonds. The molecule has 140 valence electrons. The number of fused-ring (bicyclic) bond motifs is 1. The number of rotatable bonds is 6.